The summed E-state index contributed by atoms with van der Waals surface area (Å²) in [5.41, 5.74) is 0.735. The molecular formula is C16H24N4O3. The molecule has 1 aliphatic rings. The number of nitrogens with zero attached hydrogens (tertiary/aromatic N) is 2. The fourth-order valence-corrected chi connectivity index (χ4v) is 2.97. The van der Waals surface area contributed by atoms with Gasteiger partial charge in [-0.2, -0.15) is 0 Å². The standard InChI is InChI=1S/C16H24N4O3/c1-10(2)18-16(21)12-5-4-6-13(8-12)19-15-11(3)7-14(9-17-15)20(22)23/h7,9-10,12-13H,4-6,8H2,1-3H3,(H,17,19)(H,18,21)/t12-,13+/m0/s1. The molecule has 0 unspecified atom stereocenters. The van der Waals surface area contributed by atoms with Gasteiger partial charge >= 0.3 is 0 Å². The first-order valence-electron chi connectivity index (χ1n) is 8.04. The summed E-state index contributed by atoms with van der Waals surface area (Å²) in [4.78, 5) is 26.6. The molecule has 0 bridgehead atoms. The van der Waals surface area contributed by atoms with E-state index < -0.39 is 4.92 Å². The molecule has 126 valence electrons. The van der Waals surface area contributed by atoms with Crippen molar-refractivity contribution < 1.29 is 9.72 Å². The van der Waals surface area contributed by atoms with Crippen LogP contribution in [0.3, 0.4) is 0 Å². The molecule has 0 aromatic carbocycles. The first kappa shape index (κ1) is 17.2. The molecule has 2 rings (SSSR count). The van der Waals surface area contributed by atoms with E-state index in [0.717, 1.165) is 31.2 Å². The maximum Gasteiger partial charge on any atom is 0.287 e. The molecule has 1 heterocycles. The molecule has 0 aliphatic heterocycles. The Morgan fingerprint density at radius 1 is 1.43 bits per heavy atom. The lowest BCUT2D eigenvalue weighted by atomic mass is 9.85. The molecule has 7 heteroatoms. The van der Waals surface area contributed by atoms with Crippen molar-refractivity contribution in [1.82, 2.24) is 10.3 Å². The monoisotopic (exact) mass is 320 g/mol. The summed E-state index contributed by atoms with van der Waals surface area (Å²) in [6.45, 7) is 5.72. The number of pyridine rings is 1. The molecule has 1 aromatic heterocycles. The van der Waals surface area contributed by atoms with Crippen molar-refractivity contribution in [3.05, 3.63) is 27.9 Å². The molecule has 1 fully saturated rings. The van der Waals surface area contributed by atoms with Gasteiger partial charge in [-0.15, -0.1) is 0 Å². The molecule has 0 saturated heterocycles. The van der Waals surface area contributed by atoms with Gasteiger partial charge in [0.1, 0.15) is 12.0 Å². The maximum atomic E-state index is 12.2. The van der Waals surface area contributed by atoms with E-state index in [2.05, 4.69) is 15.6 Å². The summed E-state index contributed by atoms with van der Waals surface area (Å²) < 4.78 is 0. The Balaban J connectivity index is 2.00. The predicted molar refractivity (Wildman–Crippen MR) is 88.3 cm³/mol. The number of anilines is 1. The van der Waals surface area contributed by atoms with E-state index in [4.69, 9.17) is 0 Å². The second kappa shape index (κ2) is 7.39. The summed E-state index contributed by atoms with van der Waals surface area (Å²) in [6.07, 6.45) is 4.89. The van der Waals surface area contributed by atoms with Gasteiger partial charge in [0.05, 0.1) is 4.92 Å². The average Bonchev–Trinajstić information content (AvgIpc) is 2.48. The summed E-state index contributed by atoms with van der Waals surface area (Å²) in [5.74, 6) is 0.785. The number of hydrogen-bond acceptors (Lipinski definition) is 5. The highest BCUT2D eigenvalue weighted by Gasteiger charge is 2.28. The molecule has 1 amide bonds. The number of amides is 1. The van der Waals surface area contributed by atoms with E-state index >= 15 is 0 Å². The third-order valence-electron chi connectivity index (χ3n) is 4.09. The van der Waals surface area contributed by atoms with Gasteiger partial charge in [0.25, 0.3) is 5.69 Å². The Bertz CT molecular complexity index is 589. The number of aryl methyl sites for hydroxylation is 1. The number of nitrogens with one attached hydrogen (secondary N) is 2. The lowest BCUT2D eigenvalue weighted by molar-refractivity contribution is -0.385. The molecule has 1 aromatic rings. The molecular weight excluding hydrogens is 296 g/mol. The van der Waals surface area contributed by atoms with Gasteiger partial charge in [-0.1, -0.05) is 6.42 Å². The average molecular weight is 320 g/mol. The van der Waals surface area contributed by atoms with Crippen molar-refractivity contribution in [3.8, 4) is 0 Å². The highest BCUT2D eigenvalue weighted by molar-refractivity contribution is 5.79. The van der Waals surface area contributed by atoms with Crippen LogP contribution in [0.2, 0.25) is 0 Å². The van der Waals surface area contributed by atoms with Crippen LogP contribution >= 0.6 is 0 Å². The van der Waals surface area contributed by atoms with Crippen LogP contribution in [-0.2, 0) is 4.79 Å². The first-order valence-corrected chi connectivity index (χ1v) is 8.04. The summed E-state index contributed by atoms with van der Waals surface area (Å²) in [7, 11) is 0. The second-order valence-electron chi connectivity index (χ2n) is 6.48. The molecule has 1 saturated carbocycles. The van der Waals surface area contributed by atoms with Gasteiger partial charge in [0, 0.05) is 24.1 Å². The normalized spacial score (nSPS) is 21.0. The summed E-state index contributed by atoms with van der Waals surface area (Å²) >= 11 is 0. The Kier molecular flexibility index (Phi) is 5.52. The van der Waals surface area contributed by atoms with E-state index in [9.17, 15) is 14.9 Å². The van der Waals surface area contributed by atoms with E-state index in [1.54, 1.807) is 6.92 Å². The van der Waals surface area contributed by atoms with Crippen LogP contribution in [0.15, 0.2) is 12.3 Å². The fourth-order valence-electron chi connectivity index (χ4n) is 2.97. The minimum Gasteiger partial charge on any atom is -0.367 e. The Hall–Kier alpha value is -2.18. The van der Waals surface area contributed by atoms with Crippen LogP contribution in [0.25, 0.3) is 0 Å². The van der Waals surface area contributed by atoms with Crippen molar-refractivity contribution in [2.24, 2.45) is 5.92 Å². The number of rotatable bonds is 5. The van der Waals surface area contributed by atoms with Crippen LogP contribution in [0.1, 0.15) is 45.1 Å². The SMILES string of the molecule is Cc1cc([N+](=O)[O-])cnc1N[C@@H]1CCC[C@H](C(=O)NC(C)C)C1. The molecule has 7 nitrogen and oxygen atoms in total. The molecule has 2 atom stereocenters. The maximum absolute atomic E-state index is 12.2. The Morgan fingerprint density at radius 2 is 2.17 bits per heavy atom. The third kappa shape index (κ3) is 4.64. The van der Waals surface area contributed by atoms with Crippen LogP contribution < -0.4 is 10.6 Å². The summed E-state index contributed by atoms with van der Waals surface area (Å²) in [5, 5.41) is 17.1. The number of carbonyl (C=O) groups excluding carboxylic acids is 1. The van der Waals surface area contributed by atoms with Gasteiger partial charge in [-0.05, 0) is 45.6 Å². The molecule has 2 N–H and O–H groups in total. The van der Waals surface area contributed by atoms with Gasteiger partial charge in [-0.3, -0.25) is 14.9 Å². The largest absolute Gasteiger partial charge is 0.367 e. The summed E-state index contributed by atoms with van der Waals surface area (Å²) in [6, 6.07) is 1.83. The minimum atomic E-state index is -0.448. The Morgan fingerprint density at radius 3 is 2.78 bits per heavy atom. The zero-order valence-electron chi connectivity index (χ0n) is 13.8. The van der Waals surface area contributed by atoms with E-state index in [1.807, 2.05) is 13.8 Å². The topological polar surface area (TPSA) is 97.2 Å². The number of nitro groups is 1. The first-order chi connectivity index (χ1) is 10.9. The van der Waals surface area contributed by atoms with Crippen molar-refractivity contribution in [1.29, 1.82) is 0 Å². The second-order valence-corrected chi connectivity index (χ2v) is 6.48. The fraction of sp³-hybridized carbons (Fsp3) is 0.625. The minimum absolute atomic E-state index is 0.00844. The van der Waals surface area contributed by atoms with Gasteiger partial charge in [0.15, 0.2) is 0 Å². The third-order valence-corrected chi connectivity index (χ3v) is 4.09. The molecule has 0 radical (unpaired) electrons. The quantitative estimate of drug-likeness (QED) is 0.642. The van der Waals surface area contributed by atoms with Crippen molar-refractivity contribution in [3.63, 3.8) is 0 Å². The van der Waals surface area contributed by atoms with E-state index in [-0.39, 0.29) is 29.6 Å². The van der Waals surface area contributed by atoms with E-state index in [1.165, 1.54) is 12.3 Å². The van der Waals surface area contributed by atoms with Gasteiger partial charge in [-0.25, -0.2) is 4.98 Å². The number of hydrogen-bond donors (Lipinski definition) is 2. The molecule has 0 spiro atoms. The lowest BCUT2D eigenvalue weighted by Gasteiger charge is -2.30. The van der Waals surface area contributed by atoms with Crippen LogP contribution in [0, 0.1) is 23.0 Å². The van der Waals surface area contributed by atoms with Crippen molar-refractivity contribution in [2.45, 2.75) is 58.5 Å². The van der Waals surface area contributed by atoms with Crippen LogP contribution in [0.5, 0.6) is 0 Å². The predicted octanol–water partition coefficient (Wildman–Crippen LogP) is 2.79. The smallest absolute Gasteiger partial charge is 0.287 e. The highest BCUT2D eigenvalue weighted by atomic mass is 16.6. The highest BCUT2D eigenvalue weighted by Crippen LogP contribution is 2.28. The zero-order valence-corrected chi connectivity index (χ0v) is 13.8. The van der Waals surface area contributed by atoms with E-state index in [0.29, 0.717) is 5.82 Å². The van der Waals surface area contributed by atoms with Crippen molar-refractivity contribution in [2.75, 3.05) is 5.32 Å². The zero-order chi connectivity index (χ0) is 17.0. The van der Waals surface area contributed by atoms with Gasteiger partial charge < -0.3 is 10.6 Å². The molecule has 1 aliphatic carbocycles. The van der Waals surface area contributed by atoms with Crippen LogP contribution in [0.4, 0.5) is 11.5 Å². The number of carbonyl (C=O) groups is 1. The molecule has 23 heavy (non-hydrogen) atoms. The van der Waals surface area contributed by atoms with Crippen LogP contribution in [-0.4, -0.2) is 27.9 Å². The number of aromatic nitrogens is 1. The van der Waals surface area contributed by atoms with Crippen molar-refractivity contribution >= 4 is 17.4 Å². The Labute approximate surface area is 136 Å². The van der Waals surface area contributed by atoms with Gasteiger partial charge in [0.2, 0.25) is 5.91 Å². The lowest BCUT2D eigenvalue weighted by Crippen LogP contribution is -2.40.